The van der Waals surface area contributed by atoms with Gasteiger partial charge in [-0.25, -0.2) is 14.4 Å². The van der Waals surface area contributed by atoms with Gasteiger partial charge in [-0.3, -0.25) is 0 Å². The molecule has 0 saturated carbocycles. The van der Waals surface area contributed by atoms with E-state index in [4.69, 9.17) is 21.1 Å². The number of rotatable bonds is 6. The second-order valence-corrected chi connectivity index (χ2v) is 6.76. The van der Waals surface area contributed by atoms with Crippen LogP contribution in [0.4, 0.5) is 4.79 Å². The Morgan fingerprint density at radius 1 is 1.10 bits per heavy atom. The van der Waals surface area contributed by atoms with Crippen LogP contribution in [0.2, 0.25) is 5.02 Å². The van der Waals surface area contributed by atoms with Crippen LogP contribution in [0, 0.1) is 0 Å². The zero-order valence-electron chi connectivity index (χ0n) is 16.0. The lowest BCUT2D eigenvalue weighted by molar-refractivity contribution is -0.139. The van der Waals surface area contributed by atoms with Crippen LogP contribution in [0.5, 0.6) is 5.75 Å². The van der Waals surface area contributed by atoms with E-state index in [0.29, 0.717) is 10.6 Å². The molecule has 2 aromatic carbocycles. The molecule has 0 bridgehead atoms. The number of phenolic OH excluding ortho intramolecular Hbond substituents is 1. The number of carbonyl (C=O) groups excluding carboxylic acids is 3. The number of aromatic hydroxyl groups is 1. The van der Waals surface area contributed by atoms with Crippen LogP contribution < -0.4 is 10.6 Å². The first kappa shape index (κ1) is 21.2. The second kappa shape index (κ2) is 9.32. The summed E-state index contributed by atoms with van der Waals surface area (Å²) < 4.78 is 10.4. The summed E-state index contributed by atoms with van der Waals surface area (Å²) >= 11 is 5.93. The molecular weight excluding hydrogens is 412 g/mol. The Bertz CT molecular complexity index is 1000. The van der Waals surface area contributed by atoms with E-state index >= 15 is 0 Å². The highest BCUT2D eigenvalue weighted by Crippen LogP contribution is 2.29. The quantitative estimate of drug-likeness (QED) is 0.607. The maximum atomic E-state index is 12.7. The second-order valence-electron chi connectivity index (χ2n) is 6.32. The van der Waals surface area contributed by atoms with Crippen molar-refractivity contribution in [2.45, 2.75) is 13.0 Å². The number of benzene rings is 2. The predicted molar refractivity (Wildman–Crippen MR) is 108 cm³/mol. The van der Waals surface area contributed by atoms with Gasteiger partial charge in [0.1, 0.15) is 12.4 Å². The summed E-state index contributed by atoms with van der Waals surface area (Å²) in [5.74, 6) is -1.47. The normalized spacial score (nSPS) is 15.8. The third kappa shape index (κ3) is 4.90. The Kier molecular flexibility index (Phi) is 6.58. The van der Waals surface area contributed by atoms with Gasteiger partial charge in [0.05, 0.1) is 29.5 Å². The molecule has 8 nitrogen and oxygen atoms in total. The van der Waals surface area contributed by atoms with Gasteiger partial charge >= 0.3 is 18.0 Å². The molecule has 0 radical (unpaired) electrons. The molecule has 30 heavy (non-hydrogen) atoms. The first-order valence-corrected chi connectivity index (χ1v) is 9.46. The monoisotopic (exact) mass is 430 g/mol. The number of phenols is 1. The minimum Gasteiger partial charge on any atom is -0.508 e. The molecule has 0 saturated heterocycles. The highest BCUT2D eigenvalue weighted by Gasteiger charge is 2.34. The number of carbonyl (C=O) groups is 3. The van der Waals surface area contributed by atoms with Crippen LogP contribution in [0.15, 0.2) is 59.8 Å². The summed E-state index contributed by atoms with van der Waals surface area (Å²) in [6.07, 6.45) is 0. The topological polar surface area (TPSA) is 114 Å². The first-order chi connectivity index (χ1) is 14.4. The fourth-order valence-corrected chi connectivity index (χ4v) is 3.07. The van der Waals surface area contributed by atoms with Crippen molar-refractivity contribution in [2.24, 2.45) is 0 Å². The molecule has 0 fully saturated rings. The Hall–Kier alpha value is -3.52. The van der Waals surface area contributed by atoms with Crippen molar-refractivity contribution in [1.29, 1.82) is 0 Å². The van der Waals surface area contributed by atoms with Crippen molar-refractivity contribution in [2.75, 3.05) is 13.2 Å². The van der Waals surface area contributed by atoms with E-state index < -0.39 is 24.0 Å². The van der Waals surface area contributed by atoms with Gasteiger partial charge in [0.15, 0.2) is 0 Å². The molecule has 9 heteroatoms. The minimum atomic E-state index is -0.815. The van der Waals surface area contributed by atoms with Gasteiger partial charge in [0.2, 0.25) is 0 Å². The molecule has 0 unspecified atom stereocenters. The summed E-state index contributed by atoms with van der Waals surface area (Å²) in [6.45, 7) is 1.41. The molecule has 1 aliphatic rings. The zero-order chi connectivity index (χ0) is 21.7. The number of urea groups is 1. The minimum absolute atomic E-state index is 0.0890. The van der Waals surface area contributed by atoms with Crippen molar-refractivity contribution in [1.82, 2.24) is 10.6 Å². The van der Waals surface area contributed by atoms with Crippen molar-refractivity contribution < 1.29 is 29.0 Å². The summed E-state index contributed by atoms with van der Waals surface area (Å²) in [7, 11) is 0. The number of ether oxygens (including phenoxy) is 2. The van der Waals surface area contributed by atoms with Crippen molar-refractivity contribution in [3.63, 3.8) is 0 Å². The lowest BCUT2D eigenvalue weighted by Gasteiger charge is -2.29. The van der Waals surface area contributed by atoms with Crippen LogP contribution in [0.3, 0.4) is 0 Å². The fraction of sp³-hybridized carbons (Fsp3) is 0.190. The van der Waals surface area contributed by atoms with E-state index in [0.717, 1.165) is 0 Å². The van der Waals surface area contributed by atoms with Crippen LogP contribution >= 0.6 is 11.6 Å². The molecule has 1 atom stereocenters. The van der Waals surface area contributed by atoms with Crippen molar-refractivity contribution >= 4 is 29.6 Å². The smallest absolute Gasteiger partial charge is 0.338 e. The summed E-state index contributed by atoms with van der Waals surface area (Å²) in [6, 6.07) is 10.9. The van der Waals surface area contributed by atoms with Crippen LogP contribution in [-0.4, -0.2) is 36.3 Å². The van der Waals surface area contributed by atoms with Gasteiger partial charge in [-0.15, -0.1) is 0 Å². The molecule has 3 rings (SSSR count). The molecule has 0 aliphatic carbocycles. The van der Waals surface area contributed by atoms with Gasteiger partial charge in [-0.2, -0.15) is 0 Å². The Labute approximate surface area is 177 Å². The molecule has 1 heterocycles. The van der Waals surface area contributed by atoms with E-state index in [-0.39, 0.29) is 35.8 Å². The Balaban J connectivity index is 1.92. The summed E-state index contributed by atoms with van der Waals surface area (Å²) in [5.41, 5.74) is 0.949. The van der Waals surface area contributed by atoms with Gasteiger partial charge in [0.25, 0.3) is 0 Å². The van der Waals surface area contributed by atoms with E-state index in [1.807, 2.05) is 0 Å². The van der Waals surface area contributed by atoms with Crippen molar-refractivity contribution in [3.05, 3.63) is 76.0 Å². The number of amides is 2. The third-order valence-corrected chi connectivity index (χ3v) is 4.53. The SMILES string of the molecule is CCOC(=O)C1=C(COC(=O)c2cccc(O)c2)NC(=O)N[C@@H]1c1ccc(Cl)cc1. The highest BCUT2D eigenvalue weighted by atomic mass is 35.5. The summed E-state index contributed by atoms with van der Waals surface area (Å²) in [4.78, 5) is 37.2. The number of nitrogens with one attached hydrogen (secondary N) is 2. The molecule has 1 aliphatic heterocycles. The Morgan fingerprint density at radius 2 is 1.83 bits per heavy atom. The highest BCUT2D eigenvalue weighted by molar-refractivity contribution is 6.30. The van der Waals surface area contributed by atoms with Crippen LogP contribution in [-0.2, 0) is 14.3 Å². The van der Waals surface area contributed by atoms with Crippen LogP contribution in [0.1, 0.15) is 28.9 Å². The van der Waals surface area contributed by atoms with E-state index in [9.17, 15) is 19.5 Å². The predicted octanol–water partition coefficient (Wildman–Crippen LogP) is 3.07. The molecule has 2 aromatic rings. The average Bonchev–Trinajstić information content (AvgIpc) is 2.72. The first-order valence-electron chi connectivity index (χ1n) is 9.08. The van der Waals surface area contributed by atoms with Crippen LogP contribution in [0.25, 0.3) is 0 Å². The van der Waals surface area contributed by atoms with Gasteiger partial charge in [-0.1, -0.05) is 29.8 Å². The average molecular weight is 431 g/mol. The standard InChI is InChI=1S/C21H19ClN2O6/c1-2-29-20(27)17-16(11-30-19(26)13-4-3-5-15(25)10-13)23-21(28)24-18(17)12-6-8-14(22)9-7-12/h3-10,18,25H,2,11H2,1H3,(H2,23,24,28)/t18-/m1/s1. The Morgan fingerprint density at radius 3 is 2.50 bits per heavy atom. The fourth-order valence-electron chi connectivity index (χ4n) is 2.94. The molecule has 0 spiro atoms. The third-order valence-electron chi connectivity index (χ3n) is 4.28. The largest absolute Gasteiger partial charge is 0.508 e. The van der Waals surface area contributed by atoms with E-state index in [1.54, 1.807) is 31.2 Å². The van der Waals surface area contributed by atoms with Crippen molar-refractivity contribution in [3.8, 4) is 5.75 Å². The maximum absolute atomic E-state index is 12.7. The molecule has 156 valence electrons. The molecular formula is C21H19ClN2O6. The molecule has 3 N–H and O–H groups in total. The number of halogens is 1. The lowest BCUT2D eigenvalue weighted by atomic mass is 9.95. The lowest BCUT2D eigenvalue weighted by Crippen LogP contribution is -2.47. The number of esters is 2. The molecule has 2 amide bonds. The number of hydrogen-bond acceptors (Lipinski definition) is 6. The van der Waals surface area contributed by atoms with Gasteiger partial charge in [-0.05, 0) is 42.8 Å². The van der Waals surface area contributed by atoms with Gasteiger partial charge in [0, 0.05) is 5.02 Å². The zero-order valence-corrected chi connectivity index (χ0v) is 16.7. The maximum Gasteiger partial charge on any atom is 0.338 e. The van der Waals surface area contributed by atoms with Gasteiger partial charge < -0.3 is 25.2 Å². The number of hydrogen-bond donors (Lipinski definition) is 3. The van der Waals surface area contributed by atoms with E-state index in [1.165, 1.54) is 24.3 Å². The van der Waals surface area contributed by atoms with E-state index in [2.05, 4.69) is 10.6 Å². The molecule has 0 aromatic heterocycles. The summed E-state index contributed by atoms with van der Waals surface area (Å²) in [5, 5.41) is 15.2.